The van der Waals surface area contributed by atoms with Gasteiger partial charge in [0.1, 0.15) is 12.9 Å². The van der Waals surface area contributed by atoms with Gasteiger partial charge in [-0.3, -0.25) is 0 Å². The lowest BCUT2D eigenvalue weighted by molar-refractivity contribution is 0.0160. The van der Waals surface area contributed by atoms with Crippen LogP contribution in [-0.2, 0) is 17.9 Å². The fourth-order valence-corrected chi connectivity index (χ4v) is 1.95. The number of rotatable bonds is 5. The van der Waals surface area contributed by atoms with Crippen LogP contribution >= 0.6 is 0 Å². The first-order valence-corrected chi connectivity index (χ1v) is 6.09. The number of hydrogen-bond acceptors (Lipinski definition) is 4. The van der Waals surface area contributed by atoms with Crippen molar-refractivity contribution >= 4 is 0 Å². The summed E-state index contributed by atoms with van der Waals surface area (Å²) in [6, 6.07) is 0. The Kier molecular flexibility index (Phi) is 4.30. The molecule has 5 heteroatoms. The minimum atomic E-state index is 0.382. The quantitative estimate of drug-likeness (QED) is 0.809. The number of nitrogens with one attached hydrogen (secondary N) is 1. The summed E-state index contributed by atoms with van der Waals surface area (Å²) in [5.41, 5.74) is 0. The number of piperidine rings is 1. The summed E-state index contributed by atoms with van der Waals surface area (Å²) in [7, 11) is 0. The molecule has 0 bridgehead atoms. The molecule has 1 aliphatic rings. The van der Waals surface area contributed by atoms with E-state index in [2.05, 4.69) is 22.3 Å². The van der Waals surface area contributed by atoms with E-state index >= 15 is 0 Å². The highest BCUT2D eigenvalue weighted by molar-refractivity contribution is 4.82. The zero-order valence-electron chi connectivity index (χ0n) is 9.85. The average Bonchev–Trinajstić information content (AvgIpc) is 2.76. The van der Waals surface area contributed by atoms with Crippen LogP contribution in [0.5, 0.6) is 0 Å². The van der Waals surface area contributed by atoms with Gasteiger partial charge < -0.3 is 10.1 Å². The SMILES string of the molecule is CCCn1ncnc1COC1CCNCC1. The van der Waals surface area contributed by atoms with Gasteiger partial charge >= 0.3 is 0 Å². The third-order valence-electron chi connectivity index (χ3n) is 2.87. The first-order valence-electron chi connectivity index (χ1n) is 6.09. The van der Waals surface area contributed by atoms with Crippen LogP contribution in [0.1, 0.15) is 32.0 Å². The maximum absolute atomic E-state index is 5.85. The van der Waals surface area contributed by atoms with Crippen LogP contribution in [0.2, 0.25) is 0 Å². The van der Waals surface area contributed by atoms with Crippen molar-refractivity contribution in [3.05, 3.63) is 12.2 Å². The van der Waals surface area contributed by atoms with Gasteiger partial charge in [0.15, 0.2) is 5.82 Å². The van der Waals surface area contributed by atoms with Crippen LogP contribution in [-0.4, -0.2) is 34.0 Å². The fraction of sp³-hybridized carbons (Fsp3) is 0.818. The van der Waals surface area contributed by atoms with Crippen LogP contribution < -0.4 is 5.32 Å². The average molecular weight is 224 g/mol. The standard InChI is InChI=1S/C11H20N4O/c1-2-7-15-11(13-9-14-15)8-16-10-3-5-12-6-4-10/h9-10,12H,2-8H2,1H3. The minimum absolute atomic E-state index is 0.382. The molecule has 0 amide bonds. The van der Waals surface area contributed by atoms with Gasteiger partial charge in [0, 0.05) is 6.54 Å². The second-order valence-corrected chi connectivity index (χ2v) is 4.16. The molecular weight excluding hydrogens is 204 g/mol. The van der Waals surface area contributed by atoms with Gasteiger partial charge in [-0.1, -0.05) is 6.92 Å². The van der Waals surface area contributed by atoms with E-state index in [-0.39, 0.29) is 0 Å². The van der Waals surface area contributed by atoms with Crippen molar-refractivity contribution in [2.24, 2.45) is 0 Å². The minimum Gasteiger partial charge on any atom is -0.370 e. The van der Waals surface area contributed by atoms with Gasteiger partial charge in [-0.15, -0.1) is 0 Å². The van der Waals surface area contributed by atoms with Crippen LogP contribution in [0.4, 0.5) is 0 Å². The number of hydrogen-bond donors (Lipinski definition) is 1. The predicted octanol–water partition coefficient (Wildman–Crippen LogP) is 0.957. The Morgan fingerprint density at radius 3 is 3.06 bits per heavy atom. The smallest absolute Gasteiger partial charge is 0.152 e. The first kappa shape index (κ1) is 11.5. The van der Waals surface area contributed by atoms with Gasteiger partial charge in [-0.25, -0.2) is 9.67 Å². The Bertz CT molecular complexity index is 307. The molecule has 0 saturated carbocycles. The number of nitrogens with zero attached hydrogens (tertiary/aromatic N) is 3. The van der Waals surface area contributed by atoms with E-state index in [0.29, 0.717) is 12.7 Å². The summed E-state index contributed by atoms with van der Waals surface area (Å²) in [6.45, 7) is 5.77. The van der Waals surface area contributed by atoms with Crippen LogP contribution in [0, 0.1) is 0 Å². The van der Waals surface area contributed by atoms with Crippen LogP contribution in [0.25, 0.3) is 0 Å². The summed E-state index contributed by atoms with van der Waals surface area (Å²) >= 11 is 0. The molecule has 1 saturated heterocycles. The van der Waals surface area contributed by atoms with Gasteiger partial charge in [0.2, 0.25) is 0 Å². The normalized spacial score (nSPS) is 17.8. The van der Waals surface area contributed by atoms with Crippen molar-refractivity contribution in [3.63, 3.8) is 0 Å². The molecule has 16 heavy (non-hydrogen) atoms. The molecule has 1 fully saturated rings. The Morgan fingerprint density at radius 2 is 2.31 bits per heavy atom. The third kappa shape index (κ3) is 3.02. The predicted molar refractivity (Wildman–Crippen MR) is 61.0 cm³/mol. The summed E-state index contributed by atoms with van der Waals surface area (Å²) < 4.78 is 7.78. The number of aryl methyl sites for hydroxylation is 1. The molecule has 1 aromatic heterocycles. The molecular formula is C11H20N4O. The van der Waals surface area contributed by atoms with E-state index < -0.39 is 0 Å². The van der Waals surface area contributed by atoms with Gasteiger partial charge in [0.05, 0.1) is 6.10 Å². The molecule has 0 unspecified atom stereocenters. The zero-order chi connectivity index (χ0) is 11.2. The molecule has 0 atom stereocenters. The van der Waals surface area contributed by atoms with Crippen molar-refractivity contribution in [3.8, 4) is 0 Å². The maximum atomic E-state index is 5.85. The van der Waals surface area contributed by atoms with E-state index in [4.69, 9.17) is 4.74 Å². The molecule has 1 N–H and O–H groups in total. The van der Waals surface area contributed by atoms with Crippen molar-refractivity contribution in [2.45, 2.75) is 45.4 Å². The zero-order valence-corrected chi connectivity index (χ0v) is 9.85. The number of aromatic nitrogens is 3. The molecule has 5 nitrogen and oxygen atoms in total. The lowest BCUT2D eigenvalue weighted by Crippen LogP contribution is -2.32. The Balaban J connectivity index is 1.81. The van der Waals surface area contributed by atoms with Crippen molar-refractivity contribution in [1.29, 1.82) is 0 Å². The summed E-state index contributed by atoms with van der Waals surface area (Å²) in [4.78, 5) is 4.23. The molecule has 0 aromatic carbocycles. The summed E-state index contributed by atoms with van der Waals surface area (Å²) in [5.74, 6) is 0.945. The van der Waals surface area contributed by atoms with E-state index in [9.17, 15) is 0 Å². The molecule has 0 radical (unpaired) electrons. The molecule has 0 aliphatic carbocycles. The Labute approximate surface area is 96.2 Å². The Hall–Kier alpha value is -0.940. The van der Waals surface area contributed by atoms with Crippen molar-refractivity contribution < 1.29 is 4.74 Å². The van der Waals surface area contributed by atoms with Crippen LogP contribution in [0.3, 0.4) is 0 Å². The Morgan fingerprint density at radius 1 is 1.50 bits per heavy atom. The molecule has 0 spiro atoms. The van der Waals surface area contributed by atoms with Gasteiger partial charge in [-0.05, 0) is 32.4 Å². The maximum Gasteiger partial charge on any atom is 0.152 e. The lowest BCUT2D eigenvalue weighted by Gasteiger charge is -2.22. The molecule has 1 aliphatic heterocycles. The third-order valence-corrected chi connectivity index (χ3v) is 2.87. The highest BCUT2D eigenvalue weighted by atomic mass is 16.5. The first-order chi connectivity index (χ1) is 7.90. The van der Waals surface area contributed by atoms with E-state index in [1.165, 1.54) is 0 Å². The van der Waals surface area contributed by atoms with E-state index in [0.717, 1.165) is 44.7 Å². The second kappa shape index (κ2) is 5.96. The summed E-state index contributed by atoms with van der Waals surface area (Å²) in [5, 5.41) is 7.51. The molecule has 2 rings (SSSR count). The molecule has 2 heterocycles. The van der Waals surface area contributed by atoms with Crippen LogP contribution in [0.15, 0.2) is 6.33 Å². The molecule has 1 aromatic rings. The highest BCUT2D eigenvalue weighted by Gasteiger charge is 2.14. The van der Waals surface area contributed by atoms with Crippen molar-refractivity contribution in [2.75, 3.05) is 13.1 Å². The molecule has 90 valence electrons. The van der Waals surface area contributed by atoms with Gasteiger partial charge in [-0.2, -0.15) is 5.10 Å². The largest absolute Gasteiger partial charge is 0.370 e. The number of ether oxygens (including phenoxy) is 1. The second-order valence-electron chi connectivity index (χ2n) is 4.16. The topological polar surface area (TPSA) is 52.0 Å². The van der Waals surface area contributed by atoms with Gasteiger partial charge in [0.25, 0.3) is 0 Å². The summed E-state index contributed by atoms with van der Waals surface area (Å²) in [6.07, 6.45) is 5.26. The fourth-order valence-electron chi connectivity index (χ4n) is 1.95. The lowest BCUT2D eigenvalue weighted by atomic mass is 10.1. The monoisotopic (exact) mass is 224 g/mol. The van der Waals surface area contributed by atoms with Crippen molar-refractivity contribution in [1.82, 2.24) is 20.1 Å². The highest BCUT2D eigenvalue weighted by Crippen LogP contribution is 2.09. The van der Waals surface area contributed by atoms with E-state index in [1.54, 1.807) is 6.33 Å². The van der Waals surface area contributed by atoms with E-state index in [1.807, 2.05) is 4.68 Å².